The van der Waals surface area contributed by atoms with Crippen LogP contribution in [-0.4, -0.2) is 35.3 Å². The van der Waals surface area contributed by atoms with Crippen molar-refractivity contribution in [1.29, 1.82) is 0 Å². The molecule has 0 unspecified atom stereocenters. The smallest absolute Gasteiger partial charge is 0.337 e. The molecule has 0 spiro atoms. The average molecular weight is 360 g/mol. The van der Waals surface area contributed by atoms with Crippen molar-refractivity contribution in [1.82, 2.24) is 9.97 Å². The molecule has 0 aliphatic rings. The SMILES string of the molecule is COc1cc2ncnc(Nc3cc(Cl)ccc3C(=O)O)c2cc1OC. The standard InChI is InChI=1S/C17H14ClN3O4/c1-24-14-6-11-12(7-15(14)25-2)19-8-20-16(11)21-13-5-9(18)3-4-10(13)17(22)23/h3-8H,1-2H3,(H,22,23)(H,19,20,21). The van der Waals surface area contributed by atoms with Crippen molar-refractivity contribution < 1.29 is 19.4 Å². The van der Waals surface area contributed by atoms with E-state index < -0.39 is 5.97 Å². The summed E-state index contributed by atoms with van der Waals surface area (Å²) in [6, 6.07) is 7.92. The molecule has 0 aliphatic heterocycles. The lowest BCUT2D eigenvalue weighted by Gasteiger charge is -2.13. The predicted octanol–water partition coefficient (Wildman–Crippen LogP) is 3.74. The Kier molecular flexibility index (Phi) is 4.58. The van der Waals surface area contributed by atoms with Crippen molar-refractivity contribution in [2.75, 3.05) is 19.5 Å². The molecule has 0 saturated heterocycles. The molecule has 0 amide bonds. The minimum absolute atomic E-state index is 0.0802. The number of carboxylic acid groups (broad SMARTS) is 1. The Morgan fingerprint density at radius 1 is 1.12 bits per heavy atom. The number of aromatic carboxylic acids is 1. The molecule has 7 nitrogen and oxygen atoms in total. The third-order valence-electron chi connectivity index (χ3n) is 3.61. The molecular weight excluding hydrogens is 346 g/mol. The van der Waals surface area contributed by atoms with E-state index in [0.717, 1.165) is 0 Å². The predicted molar refractivity (Wildman–Crippen MR) is 94.3 cm³/mol. The van der Waals surface area contributed by atoms with Gasteiger partial charge in [0.1, 0.15) is 12.1 Å². The van der Waals surface area contributed by atoms with Crippen LogP contribution in [0.4, 0.5) is 11.5 Å². The molecule has 3 rings (SSSR count). The maximum absolute atomic E-state index is 11.4. The molecule has 0 saturated carbocycles. The van der Waals surface area contributed by atoms with Crippen LogP contribution in [-0.2, 0) is 0 Å². The second-order valence-corrected chi connectivity index (χ2v) is 5.50. The van der Waals surface area contributed by atoms with E-state index in [1.54, 1.807) is 12.1 Å². The number of hydrogen-bond acceptors (Lipinski definition) is 6. The lowest BCUT2D eigenvalue weighted by Crippen LogP contribution is -2.04. The number of anilines is 2. The molecule has 8 heteroatoms. The van der Waals surface area contributed by atoms with E-state index >= 15 is 0 Å². The number of aromatic nitrogens is 2. The van der Waals surface area contributed by atoms with Gasteiger partial charge in [0.05, 0.1) is 31.0 Å². The zero-order valence-corrected chi connectivity index (χ0v) is 14.2. The summed E-state index contributed by atoms with van der Waals surface area (Å²) in [5.41, 5.74) is 1.03. The summed E-state index contributed by atoms with van der Waals surface area (Å²) < 4.78 is 10.6. The lowest BCUT2D eigenvalue weighted by atomic mass is 10.1. The Balaban J connectivity index is 2.14. The van der Waals surface area contributed by atoms with Crippen LogP contribution in [0.25, 0.3) is 10.9 Å². The number of fused-ring (bicyclic) bond motifs is 1. The zero-order chi connectivity index (χ0) is 18.0. The van der Waals surface area contributed by atoms with E-state index in [2.05, 4.69) is 15.3 Å². The minimum Gasteiger partial charge on any atom is -0.493 e. The summed E-state index contributed by atoms with van der Waals surface area (Å²) in [7, 11) is 3.06. The summed E-state index contributed by atoms with van der Waals surface area (Å²) in [6.07, 6.45) is 1.38. The third kappa shape index (κ3) is 3.27. The number of nitrogens with one attached hydrogen (secondary N) is 1. The Bertz CT molecular complexity index is 962. The summed E-state index contributed by atoms with van der Waals surface area (Å²) in [6.45, 7) is 0. The molecular formula is C17H14ClN3O4. The Labute approximate surface area is 148 Å². The summed E-state index contributed by atoms with van der Waals surface area (Å²) in [5, 5.41) is 13.4. The molecule has 3 aromatic rings. The number of rotatable bonds is 5. The molecule has 0 aliphatic carbocycles. The van der Waals surface area contributed by atoms with E-state index in [4.69, 9.17) is 21.1 Å². The highest BCUT2D eigenvalue weighted by Crippen LogP contribution is 2.35. The number of ether oxygens (including phenoxy) is 2. The molecule has 0 atom stereocenters. The maximum Gasteiger partial charge on any atom is 0.337 e. The molecule has 2 N–H and O–H groups in total. The van der Waals surface area contributed by atoms with Gasteiger partial charge in [-0.25, -0.2) is 14.8 Å². The van der Waals surface area contributed by atoms with Gasteiger partial charge < -0.3 is 19.9 Å². The summed E-state index contributed by atoms with van der Waals surface area (Å²) >= 11 is 5.99. The number of halogens is 1. The van der Waals surface area contributed by atoms with E-state index in [0.29, 0.717) is 38.9 Å². The molecule has 0 fully saturated rings. The number of benzene rings is 2. The van der Waals surface area contributed by atoms with Crippen LogP contribution in [0.5, 0.6) is 11.5 Å². The number of carbonyl (C=O) groups is 1. The zero-order valence-electron chi connectivity index (χ0n) is 13.4. The Morgan fingerprint density at radius 3 is 2.52 bits per heavy atom. The van der Waals surface area contributed by atoms with Crippen molar-refractivity contribution in [3.8, 4) is 11.5 Å². The molecule has 0 bridgehead atoms. The first-order valence-electron chi connectivity index (χ1n) is 7.20. The molecule has 0 radical (unpaired) electrons. The molecule has 128 valence electrons. The van der Waals surface area contributed by atoms with Gasteiger partial charge in [0.15, 0.2) is 11.5 Å². The number of methoxy groups -OCH3 is 2. The Morgan fingerprint density at radius 2 is 1.84 bits per heavy atom. The van der Waals surface area contributed by atoms with Crippen LogP contribution in [0.15, 0.2) is 36.7 Å². The highest BCUT2D eigenvalue weighted by molar-refractivity contribution is 6.31. The lowest BCUT2D eigenvalue weighted by molar-refractivity contribution is 0.0698. The van der Waals surface area contributed by atoms with Gasteiger partial charge in [0.25, 0.3) is 0 Å². The maximum atomic E-state index is 11.4. The molecule has 1 heterocycles. The number of hydrogen-bond donors (Lipinski definition) is 2. The van der Waals surface area contributed by atoms with Gasteiger partial charge in [-0.05, 0) is 24.3 Å². The van der Waals surface area contributed by atoms with Gasteiger partial charge in [0, 0.05) is 16.5 Å². The monoisotopic (exact) mass is 359 g/mol. The van der Waals surface area contributed by atoms with Crippen LogP contribution >= 0.6 is 11.6 Å². The van der Waals surface area contributed by atoms with E-state index in [1.807, 2.05) is 0 Å². The first-order chi connectivity index (χ1) is 12.0. The van der Waals surface area contributed by atoms with Crippen molar-refractivity contribution in [2.45, 2.75) is 0 Å². The largest absolute Gasteiger partial charge is 0.493 e. The molecule has 25 heavy (non-hydrogen) atoms. The molecule has 1 aromatic heterocycles. The second kappa shape index (κ2) is 6.82. The normalized spacial score (nSPS) is 10.5. The van der Waals surface area contributed by atoms with Crippen LogP contribution in [0.2, 0.25) is 5.02 Å². The third-order valence-corrected chi connectivity index (χ3v) is 3.84. The van der Waals surface area contributed by atoms with Crippen LogP contribution in [0, 0.1) is 0 Å². The first kappa shape index (κ1) is 16.8. The highest BCUT2D eigenvalue weighted by atomic mass is 35.5. The van der Waals surface area contributed by atoms with Crippen LogP contribution in [0.3, 0.4) is 0 Å². The number of carboxylic acids is 1. The topological polar surface area (TPSA) is 93.6 Å². The van der Waals surface area contributed by atoms with E-state index in [1.165, 1.54) is 38.7 Å². The van der Waals surface area contributed by atoms with Gasteiger partial charge in [-0.3, -0.25) is 0 Å². The van der Waals surface area contributed by atoms with Crippen molar-refractivity contribution >= 4 is 40.0 Å². The summed E-state index contributed by atoms with van der Waals surface area (Å²) in [4.78, 5) is 19.8. The van der Waals surface area contributed by atoms with Crippen molar-refractivity contribution in [3.63, 3.8) is 0 Å². The minimum atomic E-state index is -1.07. The van der Waals surface area contributed by atoms with Gasteiger partial charge in [-0.15, -0.1) is 0 Å². The number of nitrogens with zero attached hydrogens (tertiary/aromatic N) is 2. The molecule has 2 aromatic carbocycles. The first-order valence-corrected chi connectivity index (χ1v) is 7.58. The van der Waals surface area contributed by atoms with Gasteiger partial charge >= 0.3 is 5.97 Å². The van der Waals surface area contributed by atoms with Gasteiger partial charge in [0.2, 0.25) is 0 Å². The van der Waals surface area contributed by atoms with Crippen molar-refractivity contribution in [3.05, 3.63) is 47.2 Å². The highest BCUT2D eigenvalue weighted by Gasteiger charge is 2.15. The fourth-order valence-electron chi connectivity index (χ4n) is 2.42. The van der Waals surface area contributed by atoms with Crippen LogP contribution < -0.4 is 14.8 Å². The van der Waals surface area contributed by atoms with Gasteiger partial charge in [-0.1, -0.05) is 11.6 Å². The quantitative estimate of drug-likeness (QED) is 0.716. The fourth-order valence-corrected chi connectivity index (χ4v) is 2.59. The second-order valence-electron chi connectivity index (χ2n) is 5.07. The average Bonchev–Trinajstić information content (AvgIpc) is 2.60. The van der Waals surface area contributed by atoms with E-state index in [9.17, 15) is 9.90 Å². The van der Waals surface area contributed by atoms with Crippen LogP contribution in [0.1, 0.15) is 10.4 Å². The van der Waals surface area contributed by atoms with E-state index in [-0.39, 0.29) is 5.56 Å². The van der Waals surface area contributed by atoms with Gasteiger partial charge in [-0.2, -0.15) is 0 Å². The summed E-state index contributed by atoms with van der Waals surface area (Å²) in [5.74, 6) is 0.401. The van der Waals surface area contributed by atoms with Crippen molar-refractivity contribution in [2.24, 2.45) is 0 Å². The fraction of sp³-hybridized carbons (Fsp3) is 0.118. The Hall–Kier alpha value is -3.06.